The van der Waals surface area contributed by atoms with Crippen LogP contribution in [0.4, 0.5) is 11.4 Å². The summed E-state index contributed by atoms with van der Waals surface area (Å²) in [7, 11) is 7.35. The lowest BCUT2D eigenvalue weighted by Crippen LogP contribution is -2.17. The van der Waals surface area contributed by atoms with Gasteiger partial charge in [0.25, 0.3) is 5.91 Å². The lowest BCUT2D eigenvalue weighted by Gasteiger charge is -2.08. The van der Waals surface area contributed by atoms with Crippen molar-refractivity contribution in [3.05, 3.63) is 35.9 Å². The van der Waals surface area contributed by atoms with E-state index in [-0.39, 0.29) is 18.4 Å². The van der Waals surface area contributed by atoms with Gasteiger partial charge in [0.15, 0.2) is 0 Å². The van der Waals surface area contributed by atoms with Crippen molar-refractivity contribution in [2.45, 2.75) is 19.8 Å². The largest absolute Gasteiger partial charge is 0.461 e. The molecule has 0 aliphatic carbocycles. The standard InChI is InChI=1S/C20H29N5O4/c1-6-29-20(28)17-11-15(13-25(17)5)22-19(27)16-10-14(12-24(16)4)21-18(26)8-7-9-23(2)3/h10-13H,6-9H2,1-5H3,(H,21,26)(H,22,27). The molecule has 0 fully saturated rings. The van der Waals surface area contributed by atoms with Crippen LogP contribution in [0.15, 0.2) is 24.5 Å². The van der Waals surface area contributed by atoms with E-state index in [1.54, 1.807) is 54.7 Å². The average Bonchev–Trinajstić information content (AvgIpc) is 3.17. The molecule has 0 saturated heterocycles. The summed E-state index contributed by atoms with van der Waals surface area (Å²) in [5, 5.41) is 5.58. The fourth-order valence-electron chi connectivity index (χ4n) is 2.87. The van der Waals surface area contributed by atoms with Crippen molar-refractivity contribution >= 4 is 29.2 Å². The number of aryl methyl sites for hydroxylation is 2. The smallest absolute Gasteiger partial charge is 0.355 e. The number of nitrogens with one attached hydrogen (secondary N) is 2. The van der Waals surface area contributed by atoms with Crippen LogP contribution in [0.5, 0.6) is 0 Å². The molecule has 0 bridgehead atoms. The molecule has 158 valence electrons. The third-order valence-electron chi connectivity index (χ3n) is 4.28. The molecule has 0 saturated carbocycles. The van der Waals surface area contributed by atoms with Gasteiger partial charge in [-0.15, -0.1) is 0 Å². The molecule has 9 heteroatoms. The number of amides is 2. The van der Waals surface area contributed by atoms with Crippen molar-refractivity contribution in [2.24, 2.45) is 14.1 Å². The Hall–Kier alpha value is -3.07. The minimum atomic E-state index is -0.450. The fourth-order valence-corrected chi connectivity index (χ4v) is 2.87. The molecule has 2 heterocycles. The predicted molar refractivity (Wildman–Crippen MR) is 111 cm³/mol. The summed E-state index contributed by atoms with van der Waals surface area (Å²) in [6.45, 7) is 2.84. The number of nitrogens with zero attached hydrogens (tertiary/aromatic N) is 3. The SMILES string of the molecule is CCOC(=O)c1cc(NC(=O)c2cc(NC(=O)CCCN(C)C)cn2C)cn1C. The second kappa shape index (κ2) is 9.92. The van der Waals surface area contributed by atoms with Crippen molar-refractivity contribution in [1.29, 1.82) is 0 Å². The van der Waals surface area contributed by atoms with Crippen LogP contribution in [0.1, 0.15) is 40.7 Å². The molecular formula is C20H29N5O4. The Morgan fingerprint density at radius 2 is 1.59 bits per heavy atom. The Morgan fingerprint density at radius 3 is 2.21 bits per heavy atom. The highest BCUT2D eigenvalue weighted by Gasteiger charge is 2.17. The molecule has 2 aromatic heterocycles. The molecule has 2 rings (SSSR count). The van der Waals surface area contributed by atoms with Gasteiger partial charge in [0.1, 0.15) is 11.4 Å². The summed E-state index contributed by atoms with van der Waals surface area (Å²) in [5.41, 5.74) is 1.78. The molecule has 0 aromatic carbocycles. The summed E-state index contributed by atoms with van der Waals surface area (Å²) in [6, 6.07) is 3.18. The van der Waals surface area contributed by atoms with E-state index in [1.165, 1.54) is 0 Å². The van der Waals surface area contributed by atoms with Gasteiger partial charge in [0.05, 0.1) is 18.0 Å². The number of hydrogen-bond acceptors (Lipinski definition) is 5. The van der Waals surface area contributed by atoms with E-state index >= 15 is 0 Å². The maximum Gasteiger partial charge on any atom is 0.355 e. The first-order valence-corrected chi connectivity index (χ1v) is 9.47. The number of ether oxygens (including phenoxy) is 1. The van der Waals surface area contributed by atoms with Gasteiger partial charge in [-0.05, 0) is 46.1 Å². The summed E-state index contributed by atoms with van der Waals surface area (Å²) < 4.78 is 8.23. The second-order valence-corrected chi connectivity index (χ2v) is 7.08. The normalized spacial score (nSPS) is 10.8. The maximum atomic E-state index is 12.6. The molecule has 2 aromatic rings. The van der Waals surface area contributed by atoms with E-state index in [2.05, 4.69) is 10.6 Å². The van der Waals surface area contributed by atoms with Crippen LogP contribution in [-0.4, -0.2) is 59.1 Å². The van der Waals surface area contributed by atoms with Gasteiger partial charge in [-0.1, -0.05) is 0 Å². The van der Waals surface area contributed by atoms with E-state index < -0.39 is 5.97 Å². The summed E-state index contributed by atoms with van der Waals surface area (Å²) in [6.07, 6.45) is 4.50. The predicted octanol–water partition coefficient (Wildman–Crippen LogP) is 2.07. The van der Waals surface area contributed by atoms with Gasteiger partial charge in [0.2, 0.25) is 5.91 Å². The molecule has 9 nitrogen and oxygen atoms in total. The summed E-state index contributed by atoms with van der Waals surface area (Å²) >= 11 is 0. The lowest BCUT2D eigenvalue weighted by molar-refractivity contribution is -0.116. The average molecular weight is 403 g/mol. The maximum absolute atomic E-state index is 12.6. The molecule has 0 spiro atoms. The molecular weight excluding hydrogens is 374 g/mol. The van der Waals surface area contributed by atoms with Crippen molar-refractivity contribution in [1.82, 2.24) is 14.0 Å². The number of rotatable bonds is 9. The van der Waals surface area contributed by atoms with Crippen molar-refractivity contribution < 1.29 is 19.1 Å². The van der Waals surface area contributed by atoms with Crippen LogP contribution in [0.2, 0.25) is 0 Å². The number of carbonyl (C=O) groups excluding carboxylic acids is 3. The van der Waals surface area contributed by atoms with Crippen LogP contribution in [-0.2, 0) is 23.6 Å². The van der Waals surface area contributed by atoms with Crippen LogP contribution in [0.25, 0.3) is 0 Å². The van der Waals surface area contributed by atoms with E-state index in [0.717, 1.165) is 13.0 Å². The Morgan fingerprint density at radius 1 is 1.00 bits per heavy atom. The molecule has 0 radical (unpaired) electrons. The Bertz CT molecular complexity index is 882. The molecule has 2 N–H and O–H groups in total. The number of anilines is 2. The lowest BCUT2D eigenvalue weighted by atomic mass is 10.3. The zero-order chi connectivity index (χ0) is 21.6. The Kier molecular flexibility index (Phi) is 7.60. The number of hydrogen-bond donors (Lipinski definition) is 2. The number of esters is 1. The summed E-state index contributed by atoms with van der Waals surface area (Å²) in [5.74, 6) is -0.887. The number of carbonyl (C=O) groups is 3. The zero-order valence-electron chi connectivity index (χ0n) is 17.6. The first-order chi connectivity index (χ1) is 13.7. The minimum absolute atomic E-state index is 0.0912. The van der Waals surface area contributed by atoms with E-state index in [9.17, 15) is 14.4 Å². The molecule has 29 heavy (non-hydrogen) atoms. The third-order valence-corrected chi connectivity index (χ3v) is 4.28. The van der Waals surface area contributed by atoms with E-state index in [4.69, 9.17) is 4.74 Å². The van der Waals surface area contributed by atoms with Gasteiger partial charge >= 0.3 is 5.97 Å². The number of aromatic nitrogens is 2. The topological polar surface area (TPSA) is 97.6 Å². The van der Waals surface area contributed by atoms with Gasteiger partial charge in [-0.3, -0.25) is 9.59 Å². The molecule has 0 unspecified atom stereocenters. The highest BCUT2D eigenvalue weighted by molar-refractivity contribution is 6.05. The fraction of sp³-hybridized carbons (Fsp3) is 0.450. The van der Waals surface area contributed by atoms with Crippen molar-refractivity contribution in [2.75, 3.05) is 37.9 Å². The quantitative estimate of drug-likeness (QED) is 0.625. The molecule has 0 atom stereocenters. The first kappa shape index (κ1) is 22.2. The zero-order valence-corrected chi connectivity index (χ0v) is 17.6. The highest BCUT2D eigenvalue weighted by Crippen LogP contribution is 2.18. The monoisotopic (exact) mass is 403 g/mol. The van der Waals surface area contributed by atoms with E-state index in [0.29, 0.717) is 29.2 Å². The molecule has 0 aliphatic rings. The van der Waals surface area contributed by atoms with E-state index in [1.807, 2.05) is 19.0 Å². The van der Waals surface area contributed by atoms with Crippen molar-refractivity contribution in [3.8, 4) is 0 Å². The molecule has 2 amide bonds. The van der Waals surface area contributed by atoms with Gasteiger partial charge in [-0.2, -0.15) is 0 Å². The third kappa shape index (κ3) is 6.21. The molecule has 0 aliphatic heterocycles. The van der Waals surface area contributed by atoms with Crippen LogP contribution in [0.3, 0.4) is 0 Å². The first-order valence-electron chi connectivity index (χ1n) is 9.47. The van der Waals surface area contributed by atoms with Gasteiger partial charge < -0.3 is 29.4 Å². The van der Waals surface area contributed by atoms with Crippen molar-refractivity contribution in [3.63, 3.8) is 0 Å². The minimum Gasteiger partial charge on any atom is -0.461 e. The van der Waals surface area contributed by atoms with Gasteiger partial charge in [-0.25, -0.2) is 4.79 Å². The Balaban J connectivity index is 2.01. The van der Waals surface area contributed by atoms with Crippen LogP contribution < -0.4 is 10.6 Å². The summed E-state index contributed by atoms with van der Waals surface area (Å²) in [4.78, 5) is 38.6. The Labute approximate surface area is 170 Å². The van der Waals surface area contributed by atoms with Crippen LogP contribution in [0, 0.1) is 0 Å². The second-order valence-electron chi connectivity index (χ2n) is 7.08. The van der Waals surface area contributed by atoms with Gasteiger partial charge in [0, 0.05) is 32.9 Å². The highest BCUT2D eigenvalue weighted by atomic mass is 16.5. The van der Waals surface area contributed by atoms with Crippen LogP contribution >= 0.6 is 0 Å².